The van der Waals surface area contributed by atoms with Crippen molar-refractivity contribution in [2.45, 2.75) is 6.42 Å². The molecule has 0 bridgehead atoms. The lowest BCUT2D eigenvalue weighted by Gasteiger charge is -2.12. The van der Waals surface area contributed by atoms with E-state index in [1.165, 1.54) is 19.2 Å². The highest BCUT2D eigenvalue weighted by Gasteiger charge is 2.18. The van der Waals surface area contributed by atoms with Crippen molar-refractivity contribution in [1.29, 1.82) is 0 Å². The van der Waals surface area contributed by atoms with E-state index < -0.39 is 4.92 Å². The number of halogens is 1. The Morgan fingerprint density at radius 3 is 2.67 bits per heavy atom. The number of nitrogens with zero attached hydrogens (tertiary/aromatic N) is 1. The van der Waals surface area contributed by atoms with Crippen molar-refractivity contribution < 1.29 is 14.4 Å². The number of methoxy groups -OCH3 is 1. The van der Waals surface area contributed by atoms with Crippen LogP contribution >= 0.6 is 11.6 Å². The van der Waals surface area contributed by atoms with Gasteiger partial charge in [0.15, 0.2) is 11.5 Å². The number of benzene rings is 1. The maximum Gasteiger partial charge on any atom is 0.296 e. The van der Waals surface area contributed by atoms with Crippen LogP contribution in [0.4, 0.5) is 11.4 Å². The molecule has 1 rings (SSSR count). The number of nitro groups is 1. The zero-order chi connectivity index (χ0) is 13.5. The summed E-state index contributed by atoms with van der Waals surface area (Å²) in [5.41, 5.74) is 0.320. The topological polar surface area (TPSA) is 73.6 Å². The monoisotopic (exact) mass is 274 g/mol. The zero-order valence-electron chi connectivity index (χ0n) is 10.2. The molecule has 0 aromatic heterocycles. The minimum atomic E-state index is -0.473. The molecule has 0 aliphatic rings. The van der Waals surface area contributed by atoms with Gasteiger partial charge in [0.05, 0.1) is 24.7 Å². The predicted molar refractivity (Wildman–Crippen MR) is 70.0 cm³/mol. The lowest BCUT2D eigenvalue weighted by atomic mass is 10.2. The molecule has 6 nitrogen and oxygen atoms in total. The van der Waals surface area contributed by atoms with E-state index in [1.54, 1.807) is 7.05 Å². The first-order valence-electron chi connectivity index (χ1n) is 5.37. The lowest BCUT2D eigenvalue weighted by molar-refractivity contribution is -0.384. The molecule has 100 valence electrons. The van der Waals surface area contributed by atoms with Crippen molar-refractivity contribution in [2.24, 2.45) is 0 Å². The van der Waals surface area contributed by atoms with Crippen molar-refractivity contribution in [3.8, 4) is 11.5 Å². The second-order valence-corrected chi connectivity index (χ2v) is 3.80. The minimum Gasteiger partial charge on any atom is -0.493 e. The fraction of sp³-hybridized carbons (Fsp3) is 0.455. The maximum atomic E-state index is 10.9. The van der Waals surface area contributed by atoms with Gasteiger partial charge < -0.3 is 14.8 Å². The van der Waals surface area contributed by atoms with Crippen LogP contribution in [0, 0.1) is 10.1 Å². The van der Waals surface area contributed by atoms with Crippen LogP contribution in [0.25, 0.3) is 0 Å². The van der Waals surface area contributed by atoms with Crippen LogP contribution in [-0.4, -0.2) is 31.6 Å². The number of ether oxygens (including phenoxy) is 2. The van der Waals surface area contributed by atoms with E-state index in [4.69, 9.17) is 21.1 Å². The van der Waals surface area contributed by atoms with E-state index in [0.717, 1.165) is 0 Å². The average molecular weight is 275 g/mol. The number of alkyl halides is 1. The summed E-state index contributed by atoms with van der Waals surface area (Å²) < 4.78 is 10.5. The van der Waals surface area contributed by atoms with Crippen molar-refractivity contribution in [1.82, 2.24) is 0 Å². The third kappa shape index (κ3) is 3.40. The fourth-order valence-electron chi connectivity index (χ4n) is 1.41. The van der Waals surface area contributed by atoms with Crippen LogP contribution in [0.2, 0.25) is 0 Å². The molecule has 1 N–H and O–H groups in total. The Bertz CT molecular complexity index is 426. The first kappa shape index (κ1) is 14.4. The molecule has 0 radical (unpaired) electrons. The van der Waals surface area contributed by atoms with Gasteiger partial charge in [-0.05, 0) is 6.42 Å². The molecular formula is C11H15ClN2O4. The largest absolute Gasteiger partial charge is 0.493 e. The molecular weight excluding hydrogens is 260 g/mol. The Morgan fingerprint density at radius 1 is 1.44 bits per heavy atom. The molecule has 0 aliphatic heterocycles. The summed E-state index contributed by atoms with van der Waals surface area (Å²) in [6, 6.07) is 2.88. The molecule has 0 spiro atoms. The number of nitrogens with one attached hydrogen (secondary N) is 1. The van der Waals surface area contributed by atoms with Crippen LogP contribution in [0.3, 0.4) is 0 Å². The molecule has 7 heteroatoms. The zero-order valence-corrected chi connectivity index (χ0v) is 11.0. The summed E-state index contributed by atoms with van der Waals surface area (Å²) in [5, 5.41) is 13.7. The SMILES string of the molecule is CNc1cc(OC)c(OCCCCl)cc1[N+](=O)[O-]. The molecule has 0 saturated heterocycles. The second-order valence-electron chi connectivity index (χ2n) is 3.42. The maximum absolute atomic E-state index is 10.9. The summed E-state index contributed by atoms with van der Waals surface area (Å²) in [4.78, 5) is 10.4. The smallest absolute Gasteiger partial charge is 0.296 e. The number of rotatable bonds is 7. The molecule has 0 amide bonds. The number of anilines is 1. The quantitative estimate of drug-likeness (QED) is 0.358. The van der Waals surface area contributed by atoms with Crippen molar-refractivity contribution in [3.63, 3.8) is 0 Å². The fourth-order valence-corrected chi connectivity index (χ4v) is 1.52. The van der Waals surface area contributed by atoms with Crippen LogP contribution in [-0.2, 0) is 0 Å². The van der Waals surface area contributed by atoms with Gasteiger partial charge >= 0.3 is 0 Å². The Hall–Kier alpha value is -1.69. The Morgan fingerprint density at radius 2 is 2.17 bits per heavy atom. The van der Waals surface area contributed by atoms with E-state index in [9.17, 15) is 10.1 Å². The van der Waals surface area contributed by atoms with E-state index in [-0.39, 0.29) is 5.69 Å². The van der Waals surface area contributed by atoms with Crippen molar-refractivity contribution in [2.75, 3.05) is 32.0 Å². The van der Waals surface area contributed by atoms with Gasteiger partial charge in [0.1, 0.15) is 5.69 Å². The van der Waals surface area contributed by atoms with Crippen LogP contribution in [0.5, 0.6) is 11.5 Å². The normalized spacial score (nSPS) is 9.94. The number of hydrogen-bond acceptors (Lipinski definition) is 5. The third-order valence-electron chi connectivity index (χ3n) is 2.28. The van der Waals surface area contributed by atoms with E-state index >= 15 is 0 Å². The van der Waals surface area contributed by atoms with Crippen LogP contribution in [0.15, 0.2) is 12.1 Å². The van der Waals surface area contributed by atoms with Gasteiger partial charge in [0.25, 0.3) is 5.69 Å². The molecule has 0 fully saturated rings. The summed E-state index contributed by atoms with van der Waals surface area (Å²) >= 11 is 5.54. The molecule has 18 heavy (non-hydrogen) atoms. The predicted octanol–water partition coefficient (Wildman–Crippen LogP) is 2.65. The van der Waals surface area contributed by atoms with Gasteiger partial charge in [-0.1, -0.05) is 0 Å². The first-order chi connectivity index (χ1) is 8.63. The van der Waals surface area contributed by atoms with Gasteiger partial charge in [-0.2, -0.15) is 0 Å². The number of nitro benzene ring substituents is 1. The molecule has 0 unspecified atom stereocenters. The summed E-state index contributed by atoms with van der Waals surface area (Å²) in [7, 11) is 3.09. The summed E-state index contributed by atoms with van der Waals surface area (Å²) in [5.74, 6) is 1.26. The van der Waals surface area contributed by atoms with Gasteiger partial charge in [0, 0.05) is 19.0 Å². The van der Waals surface area contributed by atoms with Gasteiger partial charge in [-0.15, -0.1) is 11.6 Å². The van der Waals surface area contributed by atoms with Gasteiger partial charge in [-0.25, -0.2) is 0 Å². The highest BCUT2D eigenvalue weighted by molar-refractivity contribution is 6.17. The first-order valence-corrected chi connectivity index (χ1v) is 5.90. The summed E-state index contributed by atoms with van der Waals surface area (Å²) in [6.07, 6.45) is 0.659. The molecule has 0 saturated carbocycles. The summed E-state index contributed by atoms with van der Waals surface area (Å²) in [6.45, 7) is 0.385. The highest BCUT2D eigenvalue weighted by atomic mass is 35.5. The molecule has 0 heterocycles. The van der Waals surface area contributed by atoms with Crippen LogP contribution < -0.4 is 14.8 Å². The van der Waals surface area contributed by atoms with E-state index in [2.05, 4.69) is 5.32 Å². The van der Waals surface area contributed by atoms with E-state index in [0.29, 0.717) is 36.1 Å². The van der Waals surface area contributed by atoms with Gasteiger partial charge in [0.2, 0.25) is 0 Å². The molecule has 0 aliphatic carbocycles. The van der Waals surface area contributed by atoms with Crippen molar-refractivity contribution >= 4 is 23.0 Å². The number of hydrogen-bond donors (Lipinski definition) is 1. The standard InChI is InChI=1S/C11H15ClN2O4/c1-13-8-6-10(17-2)11(18-5-3-4-12)7-9(8)14(15)16/h6-7,13H,3-5H2,1-2H3. The Balaban J connectivity index is 3.07. The van der Waals surface area contributed by atoms with E-state index in [1.807, 2.05) is 0 Å². The van der Waals surface area contributed by atoms with Crippen LogP contribution in [0.1, 0.15) is 6.42 Å². The molecule has 1 aromatic carbocycles. The average Bonchev–Trinajstić information content (AvgIpc) is 2.38. The lowest BCUT2D eigenvalue weighted by Crippen LogP contribution is -2.03. The van der Waals surface area contributed by atoms with Gasteiger partial charge in [-0.3, -0.25) is 10.1 Å². The highest BCUT2D eigenvalue weighted by Crippen LogP contribution is 2.37. The second kappa shape index (κ2) is 6.90. The molecule has 0 atom stereocenters. The molecule has 1 aromatic rings. The van der Waals surface area contributed by atoms with Crippen molar-refractivity contribution in [3.05, 3.63) is 22.2 Å². The third-order valence-corrected chi connectivity index (χ3v) is 2.55. The minimum absolute atomic E-state index is 0.0563. The Labute approximate surface area is 110 Å². The Kier molecular flexibility index (Phi) is 5.51.